The monoisotopic (exact) mass is 362 g/mol. The maximum absolute atomic E-state index is 13.4. The molecule has 0 spiro atoms. The normalized spacial score (nSPS) is 10.3. The number of anilines is 2. The second kappa shape index (κ2) is 6.89. The molecule has 0 fully saturated rings. The Morgan fingerprint density at radius 1 is 0.826 bits per heavy atom. The maximum Gasteiger partial charge on any atom is 0.314 e. The third-order valence-electron chi connectivity index (χ3n) is 2.61. The van der Waals surface area contributed by atoms with Crippen LogP contribution in [0.3, 0.4) is 0 Å². The summed E-state index contributed by atoms with van der Waals surface area (Å²) in [5.74, 6) is -7.25. The van der Waals surface area contributed by atoms with E-state index in [9.17, 15) is 22.8 Å². The van der Waals surface area contributed by atoms with E-state index in [1.165, 1.54) is 18.2 Å². The van der Waals surface area contributed by atoms with Crippen LogP contribution in [-0.2, 0) is 9.59 Å². The number of halogens is 5. The summed E-state index contributed by atoms with van der Waals surface area (Å²) in [6.07, 6.45) is 0. The van der Waals surface area contributed by atoms with Gasteiger partial charge in [-0.3, -0.25) is 9.59 Å². The average molecular weight is 363 g/mol. The Morgan fingerprint density at radius 2 is 1.39 bits per heavy atom. The molecule has 23 heavy (non-hydrogen) atoms. The molecule has 0 saturated carbocycles. The van der Waals surface area contributed by atoms with E-state index < -0.39 is 35.0 Å². The van der Waals surface area contributed by atoms with Crippen molar-refractivity contribution in [2.24, 2.45) is 0 Å². The molecule has 0 aliphatic heterocycles. The molecule has 120 valence electrons. The first-order valence-corrected chi connectivity index (χ1v) is 6.75. The van der Waals surface area contributed by atoms with E-state index in [2.05, 4.69) is 5.32 Å². The molecule has 0 bridgehead atoms. The molecule has 0 aliphatic carbocycles. The molecule has 0 atom stereocenters. The quantitative estimate of drug-likeness (QED) is 0.626. The Balaban J connectivity index is 2.11. The van der Waals surface area contributed by atoms with Crippen LogP contribution >= 0.6 is 23.2 Å². The van der Waals surface area contributed by atoms with Gasteiger partial charge in [-0.1, -0.05) is 23.2 Å². The number of hydrogen-bond donors (Lipinski definition) is 2. The van der Waals surface area contributed by atoms with Gasteiger partial charge in [0.05, 0.1) is 5.69 Å². The molecule has 0 aliphatic rings. The SMILES string of the molecule is O=C(Nc1cc(Cl)cc(Cl)c1)C(=O)Nc1ccc(F)c(F)c1F. The van der Waals surface area contributed by atoms with E-state index in [0.717, 1.165) is 6.07 Å². The standard InChI is InChI=1S/C14H7Cl2F3N2O2/c15-6-3-7(16)5-8(4-6)20-13(22)14(23)21-10-2-1-9(17)11(18)12(10)19/h1-5H,(H,20,22)(H,21,23). The van der Waals surface area contributed by atoms with Crippen molar-refractivity contribution in [1.29, 1.82) is 0 Å². The number of amides is 2. The fourth-order valence-electron chi connectivity index (χ4n) is 1.62. The summed E-state index contributed by atoms with van der Waals surface area (Å²) in [6, 6.07) is 5.47. The van der Waals surface area contributed by atoms with Crippen LogP contribution in [0.5, 0.6) is 0 Å². The summed E-state index contributed by atoms with van der Waals surface area (Å²) in [4.78, 5) is 23.4. The zero-order chi connectivity index (χ0) is 17.1. The topological polar surface area (TPSA) is 58.2 Å². The Kier molecular flexibility index (Phi) is 5.12. The van der Waals surface area contributed by atoms with Gasteiger partial charge in [-0.05, 0) is 30.3 Å². The van der Waals surface area contributed by atoms with Crippen LogP contribution in [0.25, 0.3) is 0 Å². The van der Waals surface area contributed by atoms with Gasteiger partial charge in [0.1, 0.15) is 0 Å². The van der Waals surface area contributed by atoms with Crippen molar-refractivity contribution in [3.8, 4) is 0 Å². The second-order valence-electron chi connectivity index (χ2n) is 4.29. The van der Waals surface area contributed by atoms with E-state index in [0.29, 0.717) is 6.07 Å². The lowest BCUT2D eigenvalue weighted by molar-refractivity contribution is -0.133. The predicted molar refractivity (Wildman–Crippen MR) is 80.0 cm³/mol. The highest BCUT2D eigenvalue weighted by Gasteiger charge is 2.19. The first kappa shape index (κ1) is 17.1. The van der Waals surface area contributed by atoms with Crippen molar-refractivity contribution in [1.82, 2.24) is 0 Å². The van der Waals surface area contributed by atoms with Crippen LogP contribution in [-0.4, -0.2) is 11.8 Å². The zero-order valence-corrected chi connectivity index (χ0v) is 12.6. The van der Waals surface area contributed by atoms with Crippen LogP contribution in [0, 0.1) is 17.5 Å². The Labute approximate surface area is 138 Å². The van der Waals surface area contributed by atoms with Gasteiger partial charge >= 0.3 is 11.8 Å². The Morgan fingerprint density at radius 3 is 2.00 bits per heavy atom. The number of hydrogen-bond acceptors (Lipinski definition) is 2. The van der Waals surface area contributed by atoms with Gasteiger partial charge in [-0.2, -0.15) is 0 Å². The number of benzene rings is 2. The summed E-state index contributed by atoms with van der Waals surface area (Å²) < 4.78 is 39.3. The van der Waals surface area contributed by atoms with Gasteiger partial charge in [0, 0.05) is 15.7 Å². The van der Waals surface area contributed by atoms with E-state index in [4.69, 9.17) is 23.2 Å². The lowest BCUT2D eigenvalue weighted by Gasteiger charge is -2.08. The van der Waals surface area contributed by atoms with Gasteiger partial charge in [0.15, 0.2) is 17.5 Å². The van der Waals surface area contributed by atoms with Gasteiger partial charge < -0.3 is 10.6 Å². The summed E-state index contributed by atoms with van der Waals surface area (Å²) in [6.45, 7) is 0. The van der Waals surface area contributed by atoms with E-state index >= 15 is 0 Å². The van der Waals surface area contributed by atoms with Crippen molar-refractivity contribution in [3.63, 3.8) is 0 Å². The molecule has 2 rings (SSSR count). The minimum atomic E-state index is -1.76. The molecule has 0 heterocycles. The highest BCUT2D eigenvalue weighted by Crippen LogP contribution is 2.23. The second-order valence-corrected chi connectivity index (χ2v) is 5.16. The predicted octanol–water partition coefficient (Wildman–Crippen LogP) is 3.99. The molecule has 0 radical (unpaired) electrons. The fourth-order valence-corrected chi connectivity index (χ4v) is 2.14. The molecular weight excluding hydrogens is 356 g/mol. The van der Waals surface area contributed by atoms with Gasteiger partial charge in [-0.25, -0.2) is 13.2 Å². The smallest absolute Gasteiger partial charge is 0.314 e. The Bertz CT molecular complexity index is 780. The molecule has 2 N–H and O–H groups in total. The van der Waals surface area contributed by atoms with Crippen LogP contribution in [0.4, 0.5) is 24.5 Å². The summed E-state index contributed by atoms with van der Waals surface area (Å²) in [5, 5.41) is 4.45. The van der Waals surface area contributed by atoms with Crippen molar-refractivity contribution in [3.05, 3.63) is 57.8 Å². The number of rotatable bonds is 2. The fraction of sp³-hybridized carbons (Fsp3) is 0. The molecule has 0 unspecified atom stereocenters. The number of carbonyl (C=O) groups excluding carboxylic acids is 2. The van der Waals surface area contributed by atoms with Gasteiger partial charge in [0.25, 0.3) is 0 Å². The van der Waals surface area contributed by atoms with Crippen LogP contribution < -0.4 is 10.6 Å². The molecule has 0 saturated heterocycles. The lowest BCUT2D eigenvalue weighted by Crippen LogP contribution is -2.29. The summed E-state index contributed by atoms with van der Waals surface area (Å²) >= 11 is 11.5. The maximum atomic E-state index is 13.4. The van der Waals surface area contributed by atoms with E-state index in [-0.39, 0.29) is 15.7 Å². The highest BCUT2D eigenvalue weighted by atomic mass is 35.5. The first-order chi connectivity index (χ1) is 10.8. The average Bonchev–Trinajstić information content (AvgIpc) is 2.46. The molecule has 9 heteroatoms. The third kappa shape index (κ3) is 4.14. The van der Waals surface area contributed by atoms with Crippen molar-refractivity contribution in [2.45, 2.75) is 0 Å². The van der Waals surface area contributed by atoms with Crippen molar-refractivity contribution < 1.29 is 22.8 Å². The third-order valence-corrected chi connectivity index (χ3v) is 3.05. The minimum absolute atomic E-state index is 0.133. The molecule has 2 aromatic rings. The first-order valence-electron chi connectivity index (χ1n) is 6.00. The lowest BCUT2D eigenvalue weighted by atomic mass is 10.2. The van der Waals surface area contributed by atoms with Crippen molar-refractivity contribution in [2.75, 3.05) is 10.6 Å². The van der Waals surface area contributed by atoms with Crippen LogP contribution in [0.15, 0.2) is 30.3 Å². The van der Waals surface area contributed by atoms with Gasteiger partial charge in [-0.15, -0.1) is 0 Å². The van der Waals surface area contributed by atoms with Gasteiger partial charge in [0.2, 0.25) is 0 Å². The van der Waals surface area contributed by atoms with Crippen LogP contribution in [0.1, 0.15) is 0 Å². The molecular formula is C14H7Cl2F3N2O2. The zero-order valence-electron chi connectivity index (χ0n) is 11.1. The highest BCUT2D eigenvalue weighted by molar-refractivity contribution is 6.44. The molecule has 0 aromatic heterocycles. The Hall–Kier alpha value is -2.25. The van der Waals surface area contributed by atoms with Crippen molar-refractivity contribution >= 4 is 46.4 Å². The summed E-state index contributed by atoms with van der Waals surface area (Å²) in [7, 11) is 0. The van der Waals surface area contributed by atoms with E-state index in [1.54, 1.807) is 0 Å². The molecule has 2 aromatic carbocycles. The summed E-state index contributed by atoms with van der Waals surface area (Å²) in [5.41, 5.74) is -0.540. The van der Waals surface area contributed by atoms with Crippen LogP contribution in [0.2, 0.25) is 10.0 Å². The molecule has 4 nitrogen and oxygen atoms in total. The number of carbonyl (C=O) groups is 2. The minimum Gasteiger partial charge on any atom is -0.318 e. The van der Waals surface area contributed by atoms with E-state index in [1.807, 2.05) is 5.32 Å². The largest absolute Gasteiger partial charge is 0.318 e. The molecule has 2 amide bonds. The number of nitrogens with one attached hydrogen (secondary N) is 2.